The molecule has 0 aromatic rings. The van der Waals surface area contributed by atoms with E-state index in [1.165, 1.54) is 0 Å². The van der Waals surface area contributed by atoms with Crippen molar-refractivity contribution in [2.45, 2.75) is 9.65 Å². The molecule has 1 fully saturated rings. The molecule has 1 aliphatic rings. The van der Waals surface area contributed by atoms with Gasteiger partial charge >= 0.3 is 30.0 Å². The number of rotatable bonds is 1. The van der Waals surface area contributed by atoms with Gasteiger partial charge in [0, 0.05) is 0 Å². The van der Waals surface area contributed by atoms with Crippen molar-refractivity contribution in [2.75, 3.05) is 0 Å². The highest BCUT2D eigenvalue weighted by Crippen LogP contribution is 3.08. The first-order chi connectivity index (χ1) is 5.95. The quantitative estimate of drug-likeness (QED) is 0.425. The lowest BCUT2D eigenvalue weighted by molar-refractivity contribution is -0.207. The molecule has 1 saturated heterocycles. The summed E-state index contributed by atoms with van der Waals surface area (Å²) in [6.45, 7) is 0. The molecular formula is C2ClF7O3S2. The summed E-state index contributed by atoms with van der Waals surface area (Å²) in [5.41, 5.74) is 0. The summed E-state index contributed by atoms with van der Waals surface area (Å²) in [6.07, 6.45) is -5.73. The van der Waals surface area contributed by atoms with Crippen LogP contribution in [0.3, 0.4) is 0 Å². The molecule has 0 aliphatic carbocycles. The molecule has 13 heteroatoms. The number of hydrogen-bond donors (Lipinski definition) is 0. The summed E-state index contributed by atoms with van der Waals surface area (Å²) < 4.78 is 101. The SMILES string of the molecule is O=S1(=O)OC(F)(F)C1(Cl)S(F)(F)(F)(F)F. The van der Waals surface area contributed by atoms with E-state index in [9.17, 15) is 36.6 Å². The van der Waals surface area contributed by atoms with Crippen molar-refractivity contribution in [1.29, 1.82) is 0 Å². The molecule has 0 saturated carbocycles. The largest absolute Gasteiger partial charge is 0.424 e. The third-order valence-corrected chi connectivity index (χ3v) is 7.14. The molecular weight excluding hydrogens is 305 g/mol. The van der Waals surface area contributed by atoms with Gasteiger partial charge in [0.25, 0.3) is 0 Å². The van der Waals surface area contributed by atoms with Gasteiger partial charge in [-0.05, 0) is 0 Å². The Morgan fingerprint density at radius 3 is 1.47 bits per heavy atom. The molecule has 3 nitrogen and oxygen atoms in total. The first kappa shape index (κ1) is 13.1. The molecule has 0 aromatic carbocycles. The van der Waals surface area contributed by atoms with Gasteiger partial charge in [0.2, 0.25) is 0 Å². The lowest BCUT2D eigenvalue weighted by Crippen LogP contribution is -2.68. The minimum atomic E-state index is -11.2. The molecule has 94 valence electrons. The summed E-state index contributed by atoms with van der Waals surface area (Å²) >= 11 is 3.86. The van der Waals surface area contributed by atoms with E-state index in [4.69, 9.17) is 0 Å². The minimum Gasteiger partial charge on any atom is -0.196 e. The Morgan fingerprint density at radius 2 is 1.40 bits per heavy atom. The maximum Gasteiger partial charge on any atom is 0.424 e. The second kappa shape index (κ2) is 2.07. The van der Waals surface area contributed by atoms with Crippen molar-refractivity contribution >= 4 is 31.9 Å². The molecule has 0 amide bonds. The van der Waals surface area contributed by atoms with E-state index >= 15 is 0 Å². The second-order valence-electron chi connectivity index (χ2n) is 2.56. The van der Waals surface area contributed by atoms with Crippen LogP contribution in [0.2, 0.25) is 0 Å². The fourth-order valence-corrected chi connectivity index (χ4v) is 3.86. The molecule has 0 aromatic heterocycles. The normalized spacial score (nSPS) is 38.7. The van der Waals surface area contributed by atoms with Crippen molar-refractivity contribution in [2.24, 2.45) is 0 Å². The van der Waals surface area contributed by atoms with Crippen LogP contribution in [0, 0.1) is 0 Å². The van der Waals surface area contributed by atoms with Gasteiger partial charge in [-0.2, -0.15) is 21.4 Å². The Labute approximate surface area is 83.0 Å². The lowest BCUT2D eigenvalue weighted by Gasteiger charge is -2.56. The highest BCUT2D eigenvalue weighted by Gasteiger charge is 3.00. The van der Waals surface area contributed by atoms with Gasteiger partial charge in [-0.1, -0.05) is 31.0 Å². The summed E-state index contributed by atoms with van der Waals surface area (Å²) in [4.78, 5) is 0. The first-order valence-electron chi connectivity index (χ1n) is 2.70. The Hall–Kier alpha value is 0.0600. The van der Waals surface area contributed by atoms with Crippen molar-refractivity contribution in [3.05, 3.63) is 0 Å². The molecule has 0 spiro atoms. The molecule has 0 radical (unpaired) electrons. The smallest absolute Gasteiger partial charge is 0.196 e. The van der Waals surface area contributed by atoms with Gasteiger partial charge in [-0.3, -0.25) is 0 Å². The lowest BCUT2D eigenvalue weighted by atomic mass is 10.7. The van der Waals surface area contributed by atoms with E-state index in [1.54, 1.807) is 0 Å². The van der Waals surface area contributed by atoms with Crippen LogP contribution < -0.4 is 0 Å². The van der Waals surface area contributed by atoms with Crippen LogP contribution >= 0.6 is 21.8 Å². The number of alkyl halides is 3. The van der Waals surface area contributed by atoms with E-state index in [2.05, 4.69) is 15.8 Å². The summed E-state index contributed by atoms with van der Waals surface area (Å²) in [5, 5.41) is 0. The zero-order valence-electron chi connectivity index (χ0n) is 6.06. The van der Waals surface area contributed by atoms with Crippen LogP contribution in [0.25, 0.3) is 0 Å². The van der Waals surface area contributed by atoms with Crippen LogP contribution in [-0.2, 0) is 14.3 Å². The summed E-state index contributed by atoms with van der Waals surface area (Å²) in [6, 6.07) is 0. The summed E-state index contributed by atoms with van der Waals surface area (Å²) in [5.74, 6) is 0. The molecule has 1 rings (SSSR count). The predicted octanol–water partition coefficient (Wildman–Crippen LogP) is 3.13. The van der Waals surface area contributed by atoms with E-state index < -0.39 is 30.0 Å². The van der Waals surface area contributed by atoms with Gasteiger partial charge in [-0.15, -0.1) is 0 Å². The van der Waals surface area contributed by atoms with Crippen LogP contribution in [0.1, 0.15) is 0 Å². The number of halogens is 8. The van der Waals surface area contributed by atoms with Crippen molar-refractivity contribution in [1.82, 2.24) is 0 Å². The molecule has 1 heterocycles. The van der Waals surface area contributed by atoms with Gasteiger partial charge in [0.05, 0.1) is 0 Å². The Bertz CT molecular complexity index is 422. The fraction of sp³-hybridized carbons (Fsp3) is 1.00. The van der Waals surface area contributed by atoms with Crippen LogP contribution in [0.4, 0.5) is 28.2 Å². The fourth-order valence-electron chi connectivity index (χ4n) is 0.770. The van der Waals surface area contributed by atoms with E-state index in [0.29, 0.717) is 0 Å². The Balaban J connectivity index is 3.64. The molecule has 15 heavy (non-hydrogen) atoms. The van der Waals surface area contributed by atoms with Crippen molar-refractivity contribution in [3.63, 3.8) is 0 Å². The maximum absolute atomic E-state index is 12.2. The third-order valence-electron chi connectivity index (χ3n) is 1.38. The average molecular weight is 305 g/mol. The standard InChI is InChI=1S/C2ClF7O3S2/c3-1(15(6,7,8,9)10)2(4,5)13-14(1,11)12. The predicted molar refractivity (Wildman–Crippen MR) is 36.7 cm³/mol. The van der Waals surface area contributed by atoms with Crippen molar-refractivity contribution in [3.8, 4) is 0 Å². The zero-order chi connectivity index (χ0) is 12.6. The molecule has 1 atom stereocenters. The van der Waals surface area contributed by atoms with E-state index in [0.717, 1.165) is 0 Å². The average Bonchev–Trinajstić information content (AvgIpc) is 1.76. The van der Waals surface area contributed by atoms with Gasteiger partial charge < -0.3 is 0 Å². The third kappa shape index (κ3) is 1.34. The number of hydrogen-bond acceptors (Lipinski definition) is 3. The molecule has 1 aliphatic heterocycles. The first-order valence-corrected chi connectivity index (χ1v) is 6.44. The maximum atomic E-state index is 12.2. The summed E-state index contributed by atoms with van der Waals surface area (Å²) in [7, 11) is -17.5. The molecule has 0 N–H and O–H groups in total. The Morgan fingerprint density at radius 1 is 1.07 bits per heavy atom. The topological polar surface area (TPSA) is 43.4 Å². The van der Waals surface area contributed by atoms with Crippen molar-refractivity contribution < 1.29 is 40.8 Å². The highest BCUT2D eigenvalue weighted by atomic mass is 35.5. The van der Waals surface area contributed by atoms with E-state index in [1.807, 2.05) is 0 Å². The van der Waals surface area contributed by atoms with Gasteiger partial charge in [0.15, 0.2) is 0 Å². The van der Waals surface area contributed by atoms with Crippen LogP contribution in [0.5, 0.6) is 0 Å². The minimum absolute atomic E-state index is 2.42. The molecule has 1 unspecified atom stereocenters. The molecule has 0 bridgehead atoms. The Kier molecular flexibility index (Phi) is 1.81. The van der Waals surface area contributed by atoms with Crippen LogP contribution in [-0.4, -0.2) is 18.1 Å². The second-order valence-corrected chi connectivity index (χ2v) is 8.07. The van der Waals surface area contributed by atoms with Gasteiger partial charge in [-0.25, -0.2) is 0 Å². The van der Waals surface area contributed by atoms with Crippen LogP contribution in [0.15, 0.2) is 0 Å². The monoisotopic (exact) mass is 304 g/mol. The van der Waals surface area contributed by atoms with Gasteiger partial charge in [0.1, 0.15) is 0 Å². The zero-order valence-corrected chi connectivity index (χ0v) is 8.45. The van der Waals surface area contributed by atoms with E-state index in [-0.39, 0.29) is 0 Å². The highest BCUT2D eigenvalue weighted by molar-refractivity contribution is 8.52.